The van der Waals surface area contributed by atoms with Gasteiger partial charge in [-0.1, -0.05) is 0 Å². The fourth-order valence-corrected chi connectivity index (χ4v) is 1.88. The van der Waals surface area contributed by atoms with Crippen LogP contribution in [-0.4, -0.2) is 29.2 Å². The van der Waals surface area contributed by atoms with Gasteiger partial charge in [-0.15, -0.1) is 0 Å². The van der Waals surface area contributed by atoms with Gasteiger partial charge in [0.15, 0.2) is 11.6 Å². The number of carbonyl (C=O) groups is 1. The van der Waals surface area contributed by atoms with Crippen LogP contribution >= 0.6 is 0 Å². The van der Waals surface area contributed by atoms with Crippen molar-refractivity contribution in [1.82, 2.24) is 4.90 Å². The fraction of sp³-hybridized carbons (Fsp3) is 0.364. The number of likely N-dealkylation sites (tertiary alicyclic amines) is 1. The maximum Gasteiger partial charge on any atom is 0.407 e. The van der Waals surface area contributed by atoms with E-state index in [1.807, 2.05) is 0 Å². The quantitative estimate of drug-likeness (QED) is 0.658. The van der Waals surface area contributed by atoms with Gasteiger partial charge in [0.1, 0.15) is 12.0 Å². The van der Waals surface area contributed by atoms with Crippen LogP contribution in [0.5, 0.6) is 0 Å². The van der Waals surface area contributed by atoms with Crippen LogP contribution in [0.2, 0.25) is 0 Å². The van der Waals surface area contributed by atoms with Crippen molar-refractivity contribution in [2.75, 3.05) is 13.1 Å². The molecular weight excluding hydrogens is 254 g/mol. The highest BCUT2D eigenvalue weighted by atomic mass is 19.2. The highest BCUT2D eigenvalue weighted by Crippen LogP contribution is 2.35. The zero-order valence-electron chi connectivity index (χ0n) is 9.04. The van der Waals surface area contributed by atoms with E-state index in [4.69, 9.17) is 5.11 Å². The molecule has 1 atom stereocenters. The summed E-state index contributed by atoms with van der Waals surface area (Å²) < 4.78 is 52.9. The van der Waals surface area contributed by atoms with Crippen molar-refractivity contribution in [3.05, 3.63) is 35.1 Å². The number of hydrogen-bond acceptors (Lipinski definition) is 1. The summed E-state index contributed by atoms with van der Waals surface area (Å²) >= 11 is 0. The molecule has 1 aromatic carbocycles. The van der Waals surface area contributed by atoms with Gasteiger partial charge in [0.05, 0.1) is 0 Å². The second-order valence-electron chi connectivity index (χ2n) is 4.14. The predicted molar refractivity (Wildman–Crippen MR) is 53.3 cm³/mol. The molecule has 3 nitrogen and oxygen atoms in total. The first-order valence-electron chi connectivity index (χ1n) is 5.16. The normalized spacial score (nSPS) is 17.4. The van der Waals surface area contributed by atoms with Crippen LogP contribution in [0.15, 0.2) is 12.1 Å². The number of carboxylic acid groups (broad SMARTS) is 1. The zero-order valence-corrected chi connectivity index (χ0v) is 9.04. The van der Waals surface area contributed by atoms with Crippen molar-refractivity contribution >= 4 is 6.09 Å². The Morgan fingerprint density at radius 2 is 1.94 bits per heavy atom. The summed E-state index contributed by atoms with van der Waals surface area (Å²) in [6.45, 7) is -0.234. The van der Waals surface area contributed by atoms with E-state index in [1.54, 1.807) is 0 Å². The van der Waals surface area contributed by atoms with Gasteiger partial charge < -0.3 is 10.0 Å². The Morgan fingerprint density at radius 3 is 2.50 bits per heavy atom. The van der Waals surface area contributed by atoms with Gasteiger partial charge in [-0.05, 0) is 6.07 Å². The molecule has 1 unspecified atom stereocenters. The first-order valence-corrected chi connectivity index (χ1v) is 5.16. The Morgan fingerprint density at radius 1 is 1.33 bits per heavy atom. The highest BCUT2D eigenvalue weighted by molar-refractivity contribution is 5.66. The third kappa shape index (κ3) is 2.12. The number of rotatable bonds is 2. The summed E-state index contributed by atoms with van der Waals surface area (Å²) in [5, 5.41) is 8.56. The molecule has 2 rings (SSSR count). The van der Waals surface area contributed by atoms with E-state index in [9.17, 15) is 22.4 Å². The summed E-state index contributed by atoms with van der Waals surface area (Å²) in [6, 6.07) is 0.919. The molecule has 98 valence electrons. The van der Waals surface area contributed by atoms with Crippen LogP contribution in [0.1, 0.15) is 11.7 Å². The summed E-state index contributed by atoms with van der Waals surface area (Å²) in [6.07, 6.45) is -3.13. The average molecular weight is 263 g/mol. The maximum absolute atomic E-state index is 13.8. The summed E-state index contributed by atoms with van der Waals surface area (Å²) in [5.74, 6) is -4.74. The van der Waals surface area contributed by atoms with Crippen LogP contribution in [0.4, 0.5) is 22.4 Å². The van der Waals surface area contributed by atoms with Crippen LogP contribution in [0, 0.1) is 23.4 Å². The van der Waals surface area contributed by atoms with Crippen molar-refractivity contribution in [3.63, 3.8) is 0 Å². The average Bonchev–Trinajstić information content (AvgIpc) is 2.20. The van der Waals surface area contributed by atoms with E-state index >= 15 is 0 Å². The smallest absolute Gasteiger partial charge is 0.407 e. The molecule has 0 spiro atoms. The van der Waals surface area contributed by atoms with Gasteiger partial charge in [0, 0.05) is 30.6 Å². The number of hydrogen-bond donors (Lipinski definition) is 1. The third-order valence-electron chi connectivity index (χ3n) is 2.91. The lowest BCUT2D eigenvalue weighted by molar-refractivity contribution is 0.0392. The first-order chi connectivity index (χ1) is 8.40. The largest absolute Gasteiger partial charge is 0.465 e. The van der Waals surface area contributed by atoms with E-state index in [2.05, 4.69) is 0 Å². The van der Waals surface area contributed by atoms with Crippen molar-refractivity contribution in [2.45, 2.75) is 6.17 Å². The van der Waals surface area contributed by atoms with Gasteiger partial charge in [-0.25, -0.2) is 22.4 Å². The summed E-state index contributed by atoms with van der Waals surface area (Å²) in [7, 11) is 0. The Balaban J connectivity index is 2.15. The molecule has 0 aromatic heterocycles. The van der Waals surface area contributed by atoms with Gasteiger partial charge in [-0.3, -0.25) is 0 Å². The molecule has 1 aliphatic rings. The number of benzene rings is 1. The van der Waals surface area contributed by atoms with E-state index in [1.165, 1.54) is 0 Å². The van der Waals surface area contributed by atoms with Gasteiger partial charge in [-0.2, -0.15) is 0 Å². The molecule has 1 heterocycles. The monoisotopic (exact) mass is 263 g/mol. The van der Waals surface area contributed by atoms with Crippen molar-refractivity contribution < 1.29 is 27.5 Å². The topological polar surface area (TPSA) is 40.5 Å². The van der Waals surface area contributed by atoms with Crippen LogP contribution in [-0.2, 0) is 0 Å². The van der Waals surface area contributed by atoms with E-state index < -0.39 is 41.2 Å². The number of alkyl halides is 1. The minimum absolute atomic E-state index is 0.117. The number of nitrogens with zero attached hydrogens (tertiary/aromatic N) is 1. The summed E-state index contributed by atoms with van der Waals surface area (Å²) in [5.41, 5.74) is -0.706. The van der Waals surface area contributed by atoms with Gasteiger partial charge >= 0.3 is 6.09 Å². The molecule has 0 saturated carbocycles. The van der Waals surface area contributed by atoms with Crippen molar-refractivity contribution in [2.24, 2.45) is 5.92 Å². The molecule has 0 aliphatic carbocycles. The SMILES string of the molecule is O=C(O)N1CC(C(F)c2cc(F)cc(F)c2F)C1. The van der Waals surface area contributed by atoms with Crippen LogP contribution in [0.25, 0.3) is 0 Å². The molecule has 0 bridgehead atoms. The number of amides is 1. The number of halogens is 4. The summed E-state index contributed by atoms with van der Waals surface area (Å²) in [4.78, 5) is 11.4. The Hall–Kier alpha value is -1.79. The molecule has 0 radical (unpaired) electrons. The van der Waals surface area contributed by atoms with Gasteiger partial charge in [0.25, 0.3) is 0 Å². The molecule has 18 heavy (non-hydrogen) atoms. The van der Waals surface area contributed by atoms with E-state index in [-0.39, 0.29) is 13.1 Å². The van der Waals surface area contributed by atoms with E-state index in [0.29, 0.717) is 12.1 Å². The second kappa shape index (κ2) is 4.47. The molecule has 7 heteroatoms. The lowest BCUT2D eigenvalue weighted by Gasteiger charge is -2.38. The van der Waals surface area contributed by atoms with Crippen molar-refractivity contribution in [3.8, 4) is 0 Å². The molecular formula is C11H9F4NO2. The first kappa shape index (κ1) is 12.7. The molecule has 1 aliphatic heterocycles. The van der Waals surface area contributed by atoms with Crippen LogP contribution in [0.3, 0.4) is 0 Å². The fourth-order valence-electron chi connectivity index (χ4n) is 1.88. The Kier molecular flexibility index (Phi) is 3.14. The Bertz CT molecular complexity index is 488. The Labute approximate surface area is 99.6 Å². The predicted octanol–water partition coefficient (Wildman–Crippen LogP) is 2.72. The molecule has 1 fully saturated rings. The highest BCUT2D eigenvalue weighted by Gasteiger charge is 2.38. The zero-order chi connectivity index (χ0) is 13.4. The maximum atomic E-state index is 13.8. The minimum Gasteiger partial charge on any atom is -0.465 e. The molecule has 1 aromatic rings. The van der Waals surface area contributed by atoms with Crippen molar-refractivity contribution in [1.29, 1.82) is 0 Å². The standard InChI is InChI=1S/C11H9F4NO2/c12-6-1-7(10(15)8(13)2-6)9(14)5-3-16(4-5)11(17)18/h1-2,5,9H,3-4H2,(H,17,18). The van der Waals surface area contributed by atoms with Crippen LogP contribution < -0.4 is 0 Å². The lowest BCUT2D eigenvalue weighted by Crippen LogP contribution is -2.51. The lowest BCUT2D eigenvalue weighted by atomic mass is 9.90. The second-order valence-corrected chi connectivity index (χ2v) is 4.14. The van der Waals surface area contributed by atoms with Gasteiger partial charge in [0.2, 0.25) is 0 Å². The van der Waals surface area contributed by atoms with E-state index in [0.717, 1.165) is 4.90 Å². The third-order valence-corrected chi connectivity index (χ3v) is 2.91. The molecule has 1 N–H and O–H groups in total. The molecule has 1 amide bonds. The minimum atomic E-state index is -1.93. The molecule has 1 saturated heterocycles.